The van der Waals surface area contributed by atoms with E-state index in [-0.39, 0.29) is 6.61 Å². The van der Waals surface area contributed by atoms with E-state index in [0.29, 0.717) is 5.45 Å². The maximum Gasteiger partial charge on any atom is 0.399 e. The standard InChI is InChI=1S/C13H19N5O4SSi/c1-17(2)23(20,21)18-10-14-12(15-18)24(3)16-13(19)22-9-11-7-5-4-6-8-11/h4-8,10,24H,9H2,1-3H3,(H,16,19)/t24-/m0/s1. The van der Waals surface area contributed by atoms with Crippen LogP contribution in [-0.2, 0) is 21.6 Å². The maximum atomic E-state index is 11.9. The first kappa shape index (κ1) is 18.1. The molecule has 0 radical (unpaired) electrons. The molecule has 0 saturated heterocycles. The fourth-order valence-electron chi connectivity index (χ4n) is 1.74. The topological polar surface area (TPSA) is 106 Å². The van der Waals surface area contributed by atoms with Gasteiger partial charge in [-0.2, -0.15) is 12.7 Å². The lowest BCUT2D eigenvalue weighted by Crippen LogP contribution is -2.48. The summed E-state index contributed by atoms with van der Waals surface area (Å²) in [5, 5.41) is 3.94. The summed E-state index contributed by atoms with van der Waals surface area (Å²) in [5.41, 5.74) is 1.18. The number of hydrogen-bond acceptors (Lipinski definition) is 6. The molecule has 24 heavy (non-hydrogen) atoms. The molecular weight excluding hydrogens is 350 g/mol. The molecule has 1 aromatic heterocycles. The molecular formula is C13H19N5O4SSi. The zero-order valence-corrected chi connectivity index (χ0v) is 15.5. The van der Waals surface area contributed by atoms with Gasteiger partial charge < -0.3 is 9.72 Å². The molecule has 0 unspecified atom stereocenters. The normalized spacial score (nSPS) is 12.8. The van der Waals surface area contributed by atoms with Crippen LogP contribution in [0.15, 0.2) is 36.7 Å². The van der Waals surface area contributed by atoms with Crippen molar-refractivity contribution in [2.75, 3.05) is 14.1 Å². The van der Waals surface area contributed by atoms with Gasteiger partial charge in [0, 0.05) is 14.1 Å². The Morgan fingerprint density at radius 2 is 2.00 bits per heavy atom. The lowest BCUT2D eigenvalue weighted by atomic mass is 10.2. The van der Waals surface area contributed by atoms with Crippen molar-refractivity contribution < 1.29 is 17.9 Å². The minimum Gasteiger partial charge on any atom is -0.445 e. The van der Waals surface area contributed by atoms with Crippen LogP contribution in [0.1, 0.15) is 5.56 Å². The summed E-state index contributed by atoms with van der Waals surface area (Å²) in [6.45, 7) is 1.93. The average molecular weight is 369 g/mol. The minimum atomic E-state index is -3.71. The molecule has 1 atom stereocenters. The first-order valence-corrected chi connectivity index (χ1v) is 10.8. The number of ether oxygens (including phenoxy) is 1. The van der Waals surface area contributed by atoms with Crippen molar-refractivity contribution in [2.24, 2.45) is 0 Å². The van der Waals surface area contributed by atoms with Crippen LogP contribution in [0.25, 0.3) is 0 Å². The monoisotopic (exact) mass is 369 g/mol. The highest BCUT2D eigenvalue weighted by atomic mass is 32.2. The summed E-state index contributed by atoms with van der Waals surface area (Å²) in [6, 6.07) is 9.29. The highest BCUT2D eigenvalue weighted by Crippen LogP contribution is 2.00. The van der Waals surface area contributed by atoms with Gasteiger partial charge in [0.05, 0.1) is 0 Å². The number of nitrogens with one attached hydrogen (secondary N) is 1. The second-order valence-electron chi connectivity index (χ2n) is 5.19. The van der Waals surface area contributed by atoms with Gasteiger partial charge in [-0.05, 0) is 12.1 Å². The third-order valence-electron chi connectivity index (χ3n) is 3.12. The van der Waals surface area contributed by atoms with Gasteiger partial charge in [0.15, 0.2) is 0 Å². The summed E-state index contributed by atoms with van der Waals surface area (Å²) in [7, 11) is -2.99. The molecule has 2 rings (SSSR count). The summed E-state index contributed by atoms with van der Waals surface area (Å²) in [4.78, 5) is 18.5. The Morgan fingerprint density at radius 1 is 1.33 bits per heavy atom. The van der Waals surface area contributed by atoms with Crippen molar-refractivity contribution >= 4 is 30.7 Å². The average Bonchev–Trinajstić information content (AvgIpc) is 3.04. The van der Waals surface area contributed by atoms with Crippen LogP contribution in [0.4, 0.5) is 4.79 Å². The lowest BCUT2D eigenvalue weighted by Gasteiger charge is -2.11. The van der Waals surface area contributed by atoms with Crippen LogP contribution in [0.2, 0.25) is 6.55 Å². The first-order valence-electron chi connectivity index (χ1n) is 7.12. The van der Waals surface area contributed by atoms with E-state index in [1.165, 1.54) is 14.1 Å². The SMILES string of the molecule is CN(C)S(=O)(=O)n1cnc([Si@H](C)NC(=O)OCc2ccccc2)n1. The van der Waals surface area contributed by atoms with E-state index in [1.807, 2.05) is 30.3 Å². The number of amides is 1. The Balaban J connectivity index is 1.94. The van der Waals surface area contributed by atoms with Gasteiger partial charge in [0.2, 0.25) is 8.96 Å². The largest absolute Gasteiger partial charge is 0.445 e. The zero-order valence-electron chi connectivity index (χ0n) is 13.6. The molecule has 1 N–H and O–H groups in total. The van der Waals surface area contributed by atoms with Gasteiger partial charge in [-0.25, -0.2) is 9.78 Å². The molecule has 130 valence electrons. The number of nitrogens with zero attached hydrogens (tertiary/aromatic N) is 4. The van der Waals surface area contributed by atoms with Gasteiger partial charge in [-0.15, -0.1) is 9.19 Å². The number of aromatic nitrogens is 3. The summed E-state index contributed by atoms with van der Waals surface area (Å²) in [5.74, 6) is 0. The highest BCUT2D eigenvalue weighted by molar-refractivity contribution is 7.87. The second kappa shape index (κ2) is 7.55. The Hall–Kier alpha value is -2.24. The molecule has 0 fully saturated rings. The molecule has 11 heteroatoms. The summed E-state index contributed by atoms with van der Waals surface area (Å²) in [6.07, 6.45) is 0.537. The van der Waals surface area contributed by atoms with E-state index >= 15 is 0 Å². The van der Waals surface area contributed by atoms with Crippen molar-refractivity contribution in [3.63, 3.8) is 0 Å². The van der Waals surface area contributed by atoms with E-state index in [2.05, 4.69) is 15.1 Å². The molecule has 9 nitrogen and oxygen atoms in total. The third kappa shape index (κ3) is 4.40. The third-order valence-corrected chi connectivity index (χ3v) is 6.40. The number of carbonyl (C=O) groups is 1. The van der Waals surface area contributed by atoms with Crippen LogP contribution in [0.5, 0.6) is 0 Å². The summed E-state index contributed by atoms with van der Waals surface area (Å²) < 4.78 is 30.8. The van der Waals surface area contributed by atoms with Gasteiger partial charge in [0.25, 0.3) is 0 Å². The number of carbonyl (C=O) groups excluding carboxylic acids is 1. The predicted molar refractivity (Wildman–Crippen MR) is 90.4 cm³/mol. The molecule has 0 aliphatic heterocycles. The zero-order chi connectivity index (χ0) is 17.7. The van der Waals surface area contributed by atoms with Crippen LogP contribution < -0.4 is 10.4 Å². The first-order chi connectivity index (χ1) is 11.3. The molecule has 0 spiro atoms. The highest BCUT2D eigenvalue weighted by Gasteiger charge is 2.22. The smallest absolute Gasteiger partial charge is 0.399 e. The molecule has 1 amide bonds. The van der Waals surface area contributed by atoms with Crippen LogP contribution >= 0.6 is 0 Å². The second-order valence-corrected chi connectivity index (χ2v) is 9.44. The van der Waals surface area contributed by atoms with E-state index in [1.54, 1.807) is 6.55 Å². The van der Waals surface area contributed by atoms with Crippen LogP contribution in [0.3, 0.4) is 0 Å². The summed E-state index contributed by atoms with van der Waals surface area (Å²) >= 11 is 0. The molecule has 1 heterocycles. The molecule has 0 aliphatic rings. The van der Waals surface area contributed by atoms with Crippen molar-refractivity contribution in [1.82, 2.24) is 23.5 Å². The van der Waals surface area contributed by atoms with E-state index in [9.17, 15) is 13.2 Å². The van der Waals surface area contributed by atoms with Gasteiger partial charge in [-0.3, -0.25) is 0 Å². The number of hydrogen-bond donors (Lipinski definition) is 1. The lowest BCUT2D eigenvalue weighted by molar-refractivity contribution is 0.145. The molecule has 0 aliphatic carbocycles. The maximum absolute atomic E-state index is 11.9. The Bertz CT molecular complexity index is 794. The van der Waals surface area contributed by atoms with Gasteiger partial charge in [0.1, 0.15) is 18.4 Å². The van der Waals surface area contributed by atoms with Crippen LogP contribution in [-0.4, -0.2) is 56.0 Å². The Labute approximate surface area is 142 Å². The van der Waals surface area contributed by atoms with E-state index < -0.39 is 25.3 Å². The van der Waals surface area contributed by atoms with Gasteiger partial charge >= 0.3 is 16.3 Å². The molecule has 2 aromatic rings. The Morgan fingerprint density at radius 3 is 2.62 bits per heavy atom. The van der Waals surface area contributed by atoms with Crippen molar-refractivity contribution in [2.45, 2.75) is 13.2 Å². The van der Waals surface area contributed by atoms with Crippen molar-refractivity contribution in [1.29, 1.82) is 0 Å². The van der Waals surface area contributed by atoms with Crippen molar-refractivity contribution in [3.8, 4) is 0 Å². The predicted octanol–water partition coefficient (Wildman–Crippen LogP) is -0.580. The van der Waals surface area contributed by atoms with E-state index in [0.717, 1.165) is 20.3 Å². The Kier molecular flexibility index (Phi) is 5.69. The number of benzene rings is 1. The van der Waals surface area contributed by atoms with Gasteiger partial charge in [-0.1, -0.05) is 30.3 Å². The number of rotatable bonds is 6. The molecule has 0 saturated carbocycles. The minimum absolute atomic E-state index is 0.157. The molecule has 1 aromatic carbocycles. The van der Waals surface area contributed by atoms with Crippen molar-refractivity contribution in [3.05, 3.63) is 42.2 Å². The molecule has 0 bridgehead atoms. The fraction of sp³-hybridized carbons (Fsp3) is 0.308. The van der Waals surface area contributed by atoms with E-state index in [4.69, 9.17) is 4.74 Å². The van der Waals surface area contributed by atoms with Crippen LogP contribution in [0, 0.1) is 0 Å². The fourth-order valence-corrected chi connectivity index (χ4v) is 3.67. The quantitative estimate of drug-likeness (QED) is 0.683.